The number of nitrogen functional groups attached to an aromatic ring is 1. The van der Waals surface area contributed by atoms with E-state index in [9.17, 15) is 0 Å². The van der Waals surface area contributed by atoms with Crippen molar-refractivity contribution >= 4 is 16.6 Å². The Bertz CT molecular complexity index is 590. The van der Waals surface area contributed by atoms with E-state index in [1.807, 2.05) is 18.2 Å². The normalized spacial score (nSPS) is 11.8. The van der Waals surface area contributed by atoms with Crippen LogP contribution < -0.4 is 10.5 Å². The van der Waals surface area contributed by atoms with E-state index < -0.39 is 0 Å². The largest absolute Gasteiger partial charge is 0.476 e. The first-order valence-corrected chi connectivity index (χ1v) is 7.38. The van der Waals surface area contributed by atoms with Gasteiger partial charge in [0.15, 0.2) is 0 Å². The molecule has 0 bridgehead atoms. The summed E-state index contributed by atoms with van der Waals surface area (Å²) < 4.78 is 5.86. The molecule has 0 aliphatic rings. The summed E-state index contributed by atoms with van der Waals surface area (Å²) in [5.41, 5.74) is 7.36. The lowest BCUT2D eigenvalue weighted by atomic mass is 10.2. The molecule has 1 heterocycles. The lowest BCUT2D eigenvalue weighted by molar-refractivity contribution is 0.141. The van der Waals surface area contributed by atoms with Crippen LogP contribution in [0.2, 0.25) is 0 Å². The minimum Gasteiger partial charge on any atom is -0.476 e. The molecule has 5 nitrogen and oxygen atoms in total. The summed E-state index contributed by atoms with van der Waals surface area (Å²) >= 11 is 0. The van der Waals surface area contributed by atoms with Crippen molar-refractivity contribution < 1.29 is 4.74 Å². The van der Waals surface area contributed by atoms with Gasteiger partial charge in [0, 0.05) is 24.3 Å². The summed E-state index contributed by atoms with van der Waals surface area (Å²) in [5, 5.41) is 0.859. The van der Waals surface area contributed by atoms with Crippen molar-refractivity contribution in [3.63, 3.8) is 0 Å². The third-order valence-corrected chi connectivity index (χ3v) is 3.54. The van der Waals surface area contributed by atoms with Crippen LogP contribution in [0.1, 0.15) is 27.7 Å². The zero-order valence-corrected chi connectivity index (χ0v) is 13.2. The van der Waals surface area contributed by atoms with Crippen molar-refractivity contribution in [1.29, 1.82) is 0 Å². The Morgan fingerprint density at radius 2 is 1.86 bits per heavy atom. The molecule has 1 aromatic heterocycles. The number of hydrogen-bond donors (Lipinski definition) is 1. The summed E-state index contributed by atoms with van der Waals surface area (Å²) in [5.74, 6) is 0.597. The van der Waals surface area contributed by atoms with Crippen LogP contribution in [0.5, 0.6) is 5.88 Å². The Morgan fingerprint density at radius 1 is 1.14 bits per heavy atom. The number of ether oxygens (including phenoxy) is 1. The smallest absolute Gasteiger partial charge is 0.224 e. The third kappa shape index (κ3) is 3.82. The molecule has 114 valence electrons. The molecule has 0 amide bonds. The molecule has 1 aromatic carbocycles. The van der Waals surface area contributed by atoms with E-state index in [-0.39, 0.29) is 0 Å². The van der Waals surface area contributed by atoms with Crippen LogP contribution in [0.15, 0.2) is 24.5 Å². The SMILES string of the molecule is CC(C)N(CCOc1ncnc2ccc(N)cc12)C(C)C. The van der Waals surface area contributed by atoms with Gasteiger partial charge < -0.3 is 10.5 Å². The fourth-order valence-electron chi connectivity index (χ4n) is 2.53. The van der Waals surface area contributed by atoms with Crippen LogP contribution >= 0.6 is 0 Å². The van der Waals surface area contributed by atoms with Gasteiger partial charge in [-0.05, 0) is 45.9 Å². The molecule has 2 rings (SSSR count). The highest BCUT2D eigenvalue weighted by atomic mass is 16.5. The minimum absolute atomic E-state index is 0.492. The summed E-state index contributed by atoms with van der Waals surface area (Å²) in [4.78, 5) is 10.8. The number of rotatable bonds is 6. The van der Waals surface area contributed by atoms with Crippen LogP contribution in [0.4, 0.5) is 5.69 Å². The summed E-state index contributed by atoms with van der Waals surface area (Å²) in [6, 6.07) is 6.55. The Morgan fingerprint density at radius 3 is 2.52 bits per heavy atom. The molecule has 0 fully saturated rings. The number of benzene rings is 1. The van der Waals surface area contributed by atoms with Crippen LogP contribution in [-0.4, -0.2) is 40.1 Å². The monoisotopic (exact) mass is 288 g/mol. The minimum atomic E-state index is 0.492. The second-order valence-corrected chi connectivity index (χ2v) is 5.73. The zero-order chi connectivity index (χ0) is 15.4. The van der Waals surface area contributed by atoms with Gasteiger partial charge in [0.2, 0.25) is 5.88 Å². The van der Waals surface area contributed by atoms with Crippen LogP contribution in [0, 0.1) is 0 Å². The van der Waals surface area contributed by atoms with Gasteiger partial charge in [0.05, 0.1) is 10.9 Å². The first-order valence-electron chi connectivity index (χ1n) is 7.38. The summed E-state index contributed by atoms with van der Waals surface area (Å²) in [6.45, 7) is 10.2. The van der Waals surface area contributed by atoms with E-state index >= 15 is 0 Å². The lowest BCUT2D eigenvalue weighted by Gasteiger charge is -2.30. The molecular formula is C16H24N4O. The first kappa shape index (κ1) is 15.5. The number of aromatic nitrogens is 2. The molecule has 2 aromatic rings. The van der Waals surface area contributed by atoms with Gasteiger partial charge in [-0.1, -0.05) is 0 Å². The van der Waals surface area contributed by atoms with Gasteiger partial charge in [-0.25, -0.2) is 9.97 Å². The zero-order valence-electron chi connectivity index (χ0n) is 13.2. The predicted molar refractivity (Wildman–Crippen MR) is 86.4 cm³/mol. The molecule has 0 radical (unpaired) electrons. The fourth-order valence-corrected chi connectivity index (χ4v) is 2.53. The third-order valence-electron chi connectivity index (χ3n) is 3.54. The number of hydrogen-bond acceptors (Lipinski definition) is 5. The summed E-state index contributed by atoms with van der Waals surface area (Å²) in [7, 11) is 0. The highest BCUT2D eigenvalue weighted by Crippen LogP contribution is 2.23. The quantitative estimate of drug-likeness (QED) is 0.828. The number of nitrogens with two attached hydrogens (primary N) is 1. The molecule has 21 heavy (non-hydrogen) atoms. The van der Waals surface area contributed by atoms with E-state index in [0.29, 0.717) is 30.3 Å². The molecule has 2 N–H and O–H groups in total. The van der Waals surface area contributed by atoms with E-state index in [4.69, 9.17) is 10.5 Å². The van der Waals surface area contributed by atoms with E-state index in [1.165, 1.54) is 6.33 Å². The second kappa shape index (κ2) is 6.72. The van der Waals surface area contributed by atoms with Gasteiger partial charge in [0.1, 0.15) is 12.9 Å². The Labute approximate surface area is 126 Å². The van der Waals surface area contributed by atoms with E-state index in [0.717, 1.165) is 17.4 Å². The van der Waals surface area contributed by atoms with Gasteiger partial charge in [0.25, 0.3) is 0 Å². The van der Waals surface area contributed by atoms with E-state index in [1.54, 1.807) is 0 Å². The lowest BCUT2D eigenvalue weighted by Crippen LogP contribution is -2.39. The maximum Gasteiger partial charge on any atom is 0.224 e. The molecule has 0 spiro atoms. The van der Waals surface area contributed by atoms with Gasteiger partial charge in [-0.2, -0.15) is 0 Å². The van der Waals surface area contributed by atoms with Crippen molar-refractivity contribution in [2.24, 2.45) is 0 Å². The molecule has 0 aliphatic heterocycles. The predicted octanol–water partition coefficient (Wildman–Crippen LogP) is 2.71. The van der Waals surface area contributed by atoms with Gasteiger partial charge >= 0.3 is 0 Å². The number of anilines is 1. The van der Waals surface area contributed by atoms with Crippen molar-refractivity contribution in [1.82, 2.24) is 14.9 Å². The Hall–Kier alpha value is -1.88. The molecule has 0 unspecified atom stereocenters. The van der Waals surface area contributed by atoms with Gasteiger partial charge in [-0.15, -0.1) is 0 Å². The molecule has 0 saturated heterocycles. The van der Waals surface area contributed by atoms with Crippen molar-refractivity contribution in [2.45, 2.75) is 39.8 Å². The standard InChI is InChI=1S/C16H24N4O/c1-11(2)20(12(3)4)7-8-21-16-14-9-13(17)5-6-15(14)18-10-19-16/h5-6,9-12H,7-8,17H2,1-4H3. The van der Waals surface area contributed by atoms with Crippen LogP contribution in [0.25, 0.3) is 10.9 Å². The average Bonchev–Trinajstić information content (AvgIpc) is 2.42. The van der Waals surface area contributed by atoms with Crippen molar-refractivity contribution in [2.75, 3.05) is 18.9 Å². The number of nitrogens with zero attached hydrogens (tertiary/aromatic N) is 3. The Kier molecular flexibility index (Phi) is 4.96. The van der Waals surface area contributed by atoms with E-state index in [2.05, 4.69) is 42.6 Å². The van der Waals surface area contributed by atoms with Crippen LogP contribution in [-0.2, 0) is 0 Å². The maximum atomic E-state index is 5.86. The van der Waals surface area contributed by atoms with Crippen molar-refractivity contribution in [3.8, 4) is 5.88 Å². The second-order valence-electron chi connectivity index (χ2n) is 5.73. The average molecular weight is 288 g/mol. The number of fused-ring (bicyclic) bond motifs is 1. The van der Waals surface area contributed by atoms with Crippen molar-refractivity contribution in [3.05, 3.63) is 24.5 Å². The summed E-state index contributed by atoms with van der Waals surface area (Å²) in [6.07, 6.45) is 1.52. The maximum absolute atomic E-state index is 5.86. The Balaban J connectivity index is 2.08. The molecule has 0 aliphatic carbocycles. The fraction of sp³-hybridized carbons (Fsp3) is 0.500. The molecule has 0 atom stereocenters. The topological polar surface area (TPSA) is 64.3 Å². The first-order chi connectivity index (χ1) is 9.99. The highest BCUT2D eigenvalue weighted by molar-refractivity contribution is 5.86. The molecule has 5 heteroatoms. The molecular weight excluding hydrogens is 264 g/mol. The van der Waals surface area contributed by atoms with Crippen LogP contribution in [0.3, 0.4) is 0 Å². The highest BCUT2D eigenvalue weighted by Gasteiger charge is 2.13. The van der Waals surface area contributed by atoms with Gasteiger partial charge in [-0.3, -0.25) is 4.90 Å². The molecule has 0 saturated carbocycles.